The molecule has 1 unspecified atom stereocenters. The number of quaternary nitrogens is 1. The van der Waals surface area contributed by atoms with E-state index in [0.717, 1.165) is 5.92 Å². The maximum absolute atomic E-state index is 2.43. The standard InChI is InChI=1S/C24H52N/c1-10-25(11-2,12-3)20-18-16-14-13-15-17-19-22(24(7,8)9)21-23(4,5)6/h22H,10-21H2,1-9H3/q+1. The average Bonchev–Trinajstić information content (AvgIpc) is 2.51. The van der Waals surface area contributed by atoms with Gasteiger partial charge in [0.25, 0.3) is 0 Å². The lowest BCUT2D eigenvalue weighted by molar-refractivity contribution is -0.923. The van der Waals surface area contributed by atoms with E-state index in [0.29, 0.717) is 10.8 Å². The second-order valence-electron chi connectivity index (χ2n) is 10.8. The van der Waals surface area contributed by atoms with Crippen LogP contribution in [-0.4, -0.2) is 30.7 Å². The van der Waals surface area contributed by atoms with Gasteiger partial charge in [0.05, 0.1) is 26.2 Å². The maximum atomic E-state index is 2.43. The Bertz CT molecular complexity index is 306. The van der Waals surface area contributed by atoms with E-state index in [4.69, 9.17) is 0 Å². The van der Waals surface area contributed by atoms with Gasteiger partial charge < -0.3 is 4.48 Å². The Balaban J connectivity index is 3.94. The molecule has 1 heteroatoms. The third-order valence-corrected chi connectivity index (χ3v) is 6.53. The molecule has 0 heterocycles. The van der Waals surface area contributed by atoms with Gasteiger partial charge in [-0.05, 0) is 63.2 Å². The number of nitrogens with zero attached hydrogens (tertiary/aromatic N) is 1. The predicted octanol–water partition coefficient (Wildman–Crippen LogP) is 7.69. The summed E-state index contributed by atoms with van der Waals surface area (Å²) in [6, 6.07) is 0. The molecule has 0 fully saturated rings. The van der Waals surface area contributed by atoms with Crippen molar-refractivity contribution in [3.05, 3.63) is 0 Å². The van der Waals surface area contributed by atoms with E-state index in [-0.39, 0.29) is 0 Å². The van der Waals surface area contributed by atoms with Gasteiger partial charge in [-0.3, -0.25) is 0 Å². The van der Waals surface area contributed by atoms with Crippen LogP contribution in [0.1, 0.15) is 114 Å². The van der Waals surface area contributed by atoms with Crippen molar-refractivity contribution in [2.24, 2.45) is 16.7 Å². The second kappa shape index (κ2) is 11.6. The van der Waals surface area contributed by atoms with E-state index in [2.05, 4.69) is 62.3 Å². The second-order valence-corrected chi connectivity index (χ2v) is 10.8. The highest BCUT2D eigenvalue weighted by molar-refractivity contribution is 4.79. The Kier molecular flexibility index (Phi) is 11.6. The Morgan fingerprint density at radius 2 is 1.08 bits per heavy atom. The Labute approximate surface area is 161 Å². The van der Waals surface area contributed by atoms with Gasteiger partial charge in [-0.2, -0.15) is 0 Å². The van der Waals surface area contributed by atoms with E-state index in [9.17, 15) is 0 Å². The third-order valence-electron chi connectivity index (χ3n) is 6.53. The fourth-order valence-electron chi connectivity index (χ4n) is 4.27. The number of unbranched alkanes of at least 4 members (excludes halogenated alkanes) is 5. The molecule has 0 aliphatic carbocycles. The highest BCUT2D eigenvalue weighted by atomic mass is 15.3. The van der Waals surface area contributed by atoms with Crippen molar-refractivity contribution < 1.29 is 4.48 Å². The highest BCUT2D eigenvalue weighted by Gasteiger charge is 2.28. The minimum atomic E-state index is 0.453. The highest BCUT2D eigenvalue weighted by Crippen LogP contribution is 2.39. The summed E-state index contributed by atoms with van der Waals surface area (Å²) in [5.74, 6) is 0.865. The van der Waals surface area contributed by atoms with E-state index in [1.165, 1.54) is 82.0 Å². The van der Waals surface area contributed by atoms with Gasteiger partial charge in [-0.25, -0.2) is 0 Å². The number of rotatable bonds is 13. The van der Waals surface area contributed by atoms with Crippen LogP contribution in [-0.2, 0) is 0 Å². The normalized spacial score (nSPS) is 14.8. The Morgan fingerprint density at radius 1 is 0.640 bits per heavy atom. The summed E-state index contributed by atoms with van der Waals surface area (Å²) in [5.41, 5.74) is 0.912. The van der Waals surface area contributed by atoms with E-state index in [1.807, 2.05) is 0 Å². The molecule has 0 N–H and O–H groups in total. The molecule has 0 spiro atoms. The maximum Gasteiger partial charge on any atom is 0.0786 e. The zero-order valence-electron chi connectivity index (χ0n) is 19.5. The minimum Gasteiger partial charge on any atom is -0.324 e. The molecule has 152 valence electrons. The Hall–Kier alpha value is -0.0400. The molecular formula is C24H52N+. The van der Waals surface area contributed by atoms with Crippen molar-refractivity contribution in [2.45, 2.75) is 114 Å². The van der Waals surface area contributed by atoms with Gasteiger partial charge in [0.1, 0.15) is 0 Å². The summed E-state index contributed by atoms with van der Waals surface area (Å²) < 4.78 is 1.32. The van der Waals surface area contributed by atoms with Crippen LogP contribution in [0.15, 0.2) is 0 Å². The summed E-state index contributed by atoms with van der Waals surface area (Å²) >= 11 is 0. The van der Waals surface area contributed by atoms with Crippen LogP contribution in [0.25, 0.3) is 0 Å². The van der Waals surface area contributed by atoms with Gasteiger partial charge >= 0.3 is 0 Å². The van der Waals surface area contributed by atoms with Gasteiger partial charge in [0, 0.05) is 0 Å². The first-order chi connectivity index (χ1) is 11.5. The van der Waals surface area contributed by atoms with Crippen LogP contribution >= 0.6 is 0 Å². The molecule has 0 amide bonds. The van der Waals surface area contributed by atoms with Crippen LogP contribution < -0.4 is 0 Å². The first-order valence-electron chi connectivity index (χ1n) is 11.3. The topological polar surface area (TPSA) is 0 Å². The molecule has 0 saturated carbocycles. The van der Waals surface area contributed by atoms with E-state index in [1.54, 1.807) is 0 Å². The van der Waals surface area contributed by atoms with Crippen molar-refractivity contribution in [3.8, 4) is 0 Å². The molecule has 0 bridgehead atoms. The van der Waals surface area contributed by atoms with Crippen molar-refractivity contribution in [1.82, 2.24) is 0 Å². The van der Waals surface area contributed by atoms with E-state index >= 15 is 0 Å². The predicted molar refractivity (Wildman–Crippen MR) is 116 cm³/mol. The van der Waals surface area contributed by atoms with Gasteiger partial charge in [-0.15, -0.1) is 0 Å². The zero-order chi connectivity index (χ0) is 19.6. The summed E-state index contributed by atoms with van der Waals surface area (Å²) in [7, 11) is 0. The lowest BCUT2D eigenvalue weighted by atomic mass is 9.70. The van der Waals surface area contributed by atoms with Crippen LogP contribution in [0.3, 0.4) is 0 Å². The van der Waals surface area contributed by atoms with Gasteiger partial charge in [-0.1, -0.05) is 67.2 Å². The Morgan fingerprint density at radius 3 is 1.48 bits per heavy atom. The van der Waals surface area contributed by atoms with Crippen molar-refractivity contribution in [3.63, 3.8) is 0 Å². The fourth-order valence-corrected chi connectivity index (χ4v) is 4.27. The van der Waals surface area contributed by atoms with Gasteiger partial charge in [0.15, 0.2) is 0 Å². The van der Waals surface area contributed by atoms with Crippen LogP contribution in [0, 0.1) is 16.7 Å². The molecule has 0 aromatic rings. The summed E-state index contributed by atoms with van der Waals surface area (Å²) in [5, 5.41) is 0. The quantitative estimate of drug-likeness (QED) is 0.235. The SMILES string of the molecule is CC[N+](CC)(CC)CCCCCCCCC(CC(C)(C)C)C(C)(C)C. The molecule has 0 aliphatic rings. The summed E-state index contributed by atoms with van der Waals surface area (Å²) in [6.07, 6.45) is 11.4. The molecule has 1 nitrogen and oxygen atoms in total. The lowest BCUT2D eigenvalue weighted by Gasteiger charge is -2.36. The van der Waals surface area contributed by atoms with Crippen molar-refractivity contribution in [1.29, 1.82) is 0 Å². The monoisotopic (exact) mass is 354 g/mol. The molecular weight excluding hydrogens is 302 g/mol. The lowest BCUT2D eigenvalue weighted by Crippen LogP contribution is -2.48. The first-order valence-corrected chi connectivity index (χ1v) is 11.3. The molecule has 0 radical (unpaired) electrons. The van der Waals surface area contributed by atoms with Gasteiger partial charge in [0.2, 0.25) is 0 Å². The van der Waals surface area contributed by atoms with Crippen LogP contribution in [0.5, 0.6) is 0 Å². The average molecular weight is 355 g/mol. The zero-order valence-corrected chi connectivity index (χ0v) is 19.5. The minimum absolute atomic E-state index is 0.453. The number of hydrogen-bond donors (Lipinski definition) is 0. The summed E-state index contributed by atoms with van der Waals surface area (Å²) in [6.45, 7) is 26.9. The first kappa shape index (κ1) is 25.0. The fraction of sp³-hybridized carbons (Fsp3) is 1.00. The molecule has 1 atom stereocenters. The molecule has 0 aliphatic heterocycles. The van der Waals surface area contributed by atoms with Crippen LogP contribution in [0.4, 0.5) is 0 Å². The molecule has 0 aromatic heterocycles. The molecule has 0 rings (SSSR count). The largest absolute Gasteiger partial charge is 0.324 e. The van der Waals surface area contributed by atoms with Crippen molar-refractivity contribution >= 4 is 0 Å². The molecule has 0 saturated heterocycles. The molecule has 25 heavy (non-hydrogen) atoms. The van der Waals surface area contributed by atoms with Crippen LogP contribution in [0.2, 0.25) is 0 Å². The summed E-state index contributed by atoms with van der Waals surface area (Å²) in [4.78, 5) is 0. The third kappa shape index (κ3) is 11.3. The smallest absolute Gasteiger partial charge is 0.0786 e. The van der Waals surface area contributed by atoms with E-state index < -0.39 is 0 Å². The van der Waals surface area contributed by atoms with Crippen molar-refractivity contribution in [2.75, 3.05) is 26.2 Å². The molecule has 0 aromatic carbocycles. The number of hydrogen-bond acceptors (Lipinski definition) is 0.